The van der Waals surface area contributed by atoms with E-state index in [-0.39, 0.29) is 11.5 Å². The van der Waals surface area contributed by atoms with E-state index in [1.165, 1.54) is 6.07 Å². The first-order valence-corrected chi connectivity index (χ1v) is 7.53. The maximum Gasteiger partial charge on any atom is 0.337 e. The molecule has 0 heterocycles. The zero-order valence-corrected chi connectivity index (χ0v) is 12.5. The molecule has 2 aromatic carbocycles. The van der Waals surface area contributed by atoms with E-state index in [4.69, 9.17) is 0 Å². The van der Waals surface area contributed by atoms with E-state index in [2.05, 4.69) is 5.32 Å². The Morgan fingerprint density at radius 1 is 1.10 bits per heavy atom. The lowest BCUT2D eigenvalue weighted by molar-refractivity contribution is 0.0698. The van der Waals surface area contributed by atoms with Crippen LogP contribution in [0.1, 0.15) is 26.3 Å². The van der Waals surface area contributed by atoms with E-state index in [0.29, 0.717) is 11.3 Å². The molecule has 2 rings (SSSR count). The predicted octanol–water partition coefficient (Wildman–Crippen LogP) is 3.67. The number of carboxylic acids is 1. The number of thioether (sulfide) groups is 1. The van der Waals surface area contributed by atoms with Crippen molar-refractivity contribution in [1.29, 1.82) is 0 Å². The number of nitrogens with one attached hydrogen (secondary N) is 1. The molecule has 0 radical (unpaired) electrons. The summed E-state index contributed by atoms with van der Waals surface area (Å²) in [4.78, 5) is 24.4. The summed E-state index contributed by atoms with van der Waals surface area (Å²) in [7, 11) is 0. The van der Waals surface area contributed by atoms with Gasteiger partial charge >= 0.3 is 5.97 Å². The highest BCUT2D eigenvalue weighted by Gasteiger charge is 2.13. The van der Waals surface area contributed by atoms with Crippen molar-refractivity contribution >= 4 is 29.3 Å². The molecule has 21 heavy (non-hydrogen) atoms. The molecule has 0 aliphatic heterocycles. The number of carbonyl (C=O) groups excluding carboxylic acids is 1. The molecular weight excluding hydrogens is 286 g/mol. The number of hydrogen-bond acceptors (Lipinski definition) is 3. The van der Waals surface area contributed by atoms with Gasteiger partial charge in [-0.25, -0.2) is 4.79 Å². The molecule has 4 nitrogen and oxygen atoms in total. The first-order chi connectivity index (χ1) is 10.0. The second kappa shape index (κ2) is 6.45. The average molecular weight is 301 g/mol. The van der Waals surface area contributed by atoms with Crippen LogP contribution >= 0.6 is 11.8 Å². The van der Waals surface area contributed by atoms with Crippen molar-refractivity contribution in [2.45, 2.75) is 11.8 Å². The van der Waals surface area contributed by atoms with Crippen molar-refractivity contribution in [3.63, 3.8) is 0 Å². The number of rotatable bonds is 4. The summed E-state index contributed by atoms with van der Waals surface area (Å²) < 4.78 is 0. The molecule has 2 aromatic rings. The van der Waals surface area contributed by atoms with Gasteiger partial charge in [-0.2, -0.15) is 0 Å². The highest BCUT2D eigenvalue weighted by Crippen LogP contribution is 2.19. The summed E-state index contributed by atoms with van der Waals surface area (Å²) in [6.45, 7) is 1.80. The Kier molecular flexibility index (Phi) is 4.65. The van der Waals surface area contributed by atoms with Gasteiger partial charge in [0.05, 0.1) is 11.3 Å². The highest BCUT2D eigenvalue weighted by molar-refractivity contribution is 7.98. The van der Waals surface area contributed by atoms with Gasteiger partial charge in [0.25, 0.3) is 5.91 Å². The first kappa shape index (κ1) is 15.1. The van der Waals surface area contributed by atoms with Crippen LogP contribution in [0.3, 0.4) is 0 Å². The number of hydrogen-bond donors (Lipinski definition) is 2. The minimum absolute atomic E-state index is 0.0871. The number of aromatic carboxylic acids is 1. The average Bonchev–Trinajstić information content (AvgIpc) is 2.49. The monoisotopic (exact) mass is 301 g/mol. The molecule has 0 fully saturated rings. The third-order valence-corrected chi connectivity index (χ3v) is 3.75. The van der Waals surface area contributed by atoms with Gasteiger partial charge in [0.1, 0.15) is 0 Å². The number of amides is 1. The molecule has 0 aliphatic rings. The fourth-order valence-electron chi connectivity index (χ4n) is 1.88. The smallest absolute Gasteiger partial charge is 0.337 e. The normalized spacial score (nSPS) is 10.2. The summed E-state index contributed by atoms with van der Waals surface area (Å²) in [5.74, 6) is -1.39. The van der Waals surface area contributed by atoms with E-state index in [1.807, 2.05) is 18.4 Å². The van der Waals surface area contributed by atoms with Crippen LogP contribution in [0.2, 0.25) is 0 Å². The second-order valence-electron chi connectivity index (χ2n) is 4.54. The number of benzene rings is 2. The van der Waals surface area contributed by atoms with Crippen molar-refractivity contribution in [3.8, 4) is 0 Å². The standard InChI is InChI=1S/C16H15NO3S/c1-10-3-8-14(13(9-10)16(19)20)17-15(18)11-4-6-12(21-2)7-5-11/h3-9H,1-2H3,(H,17,18)(H,19,20). The van der Waals surface area contributed by atoms with Gasteiger partial charge in [0, 0.05) is 10.5 Å². The third kappa shape index (κ3) is 3.64. The van der Waals surface area contributed by atoms with E-state index in [1.54, 1.807) is 43.0 Å². The largest absolute Gasteiger partial charge is 0.478 e. The fraction of sp³-hybridized carbons (Fsp3) is 0.125. The molecule has 2 N–H and O–H groups in total. The van der Waals surface area contributed by atoms with Gasteiger partial charge in [-0.15, -0.1) is 11.8 Å². The summed E-state index contributed by atoms with van der Waals surface area (Å²) in [5, 5.41) is 11.8. The third-order valence-electron chi connectivity index (χ3n) is 3.01. The minimum atomic E-state index is -1.06. The minimum Gasteiger partial charge on any atom is -0.478 e. The lowest BCUT2D eigenvalue weighted by Gasteiger charge is -2.09. The van der Waals surface area contributed by atoms with Crippen LogP contribution in [0.4, 0.5) is 5.69 Å². The quantitative estimate of drug-likeness (QED) is 0.846. The van der Waals surface area contributed by atoms with Crippen LogP contribution < -0.4 is 5.32 Å². The maximum atomic E-state index is 12.2. The van der Waals surface area contributed by atoms with Crippen LogP contribution in [0.25, 0.3) is 0 Å². The van der Waals surface area contributed by atoms with Crippen molar-refractivity contribution in [2.75, 3.05) is 11.6 Å². The summed E-state index contributed by atoms with van der Waals surface area (Å²) in [6, 6.07) is 12.0. The molecule has 0 aromatic heterocycles. The molecular formula is C16H15NO3S. The lowest BCUT2D eigenvalue weighted by Crippen LogP contribution is -2.14. The summed E-state index contributed by atoms with van der Waals surface area (Å²) in [6.07, 6.45) is 1.96. The van der Waals surface area contributed by atoms with E-state index < -0.39 is 5.97 Å². The van der Waals surface area contributed by atoms with Gasteiger partial charge in [-0.1, -0.05) is 11.6 Å². The summed E-state index contributed by atoms with van der Waals surface area (Å²) >= 11 is 1.59. The van der Waals surface area contributed by atoms with Crippen LogP contribution in [0, 0.1) is 6.92 Å². The van der Waals surface area contributed by atoms with Gasteiger partial charge in [0.2, 0.25) is 0 Å². The topological polar surface area (TPSA) is 66.4 Å². The zero-order chi connectivity index (χ0) is 15.4. The number of carboxylic acid groups (broad SMARTS) is 1. The van der Waals surface area contributed by atoms with Crippen LogP contribution in [0.5, 0.6) is 0 Å². The number of anilines is 1. The Labute approximate surface area is 127 Å². The lowest BCUT2D eigenvalue weighted by atomic mass is 10.1. The zero-order valence-electron chi connectivity index (χ0n) is 11.7. The Morgan fingerprint density at radius 2 is 1.76 bits per heavy atom. The van der Waals surface area contributed by atoms with Gasteiger partial charge < -0.3 is 10.4 Å². The Morgan fingerprint density at radius 3 is 2.33 bits per heavy atom. The van der Waals surface area contributed by atoms with Gasteiger partial charge in [-0.3, -0.25) is 4.79 Å². The maximum absolute atomic E-state index is 12.2. The Balaban J connectivity index is 2.24. The number of aryl methyl sites for hydroxylation is 1. The van der Waals surface area contributed by atoms with E-state index >= 15 is 0 Å². The van der Waals surface area contributed by atoms with Gasteiger partial charge in [-0.05, 0) is 49.6 Å². The Bertz CT molecular complexity index is 680. The second-order valence-corrected chi connectivity index (χ2v) is 5.42. The number of carbonyl (C=O) groups is 2. The van der Waals surface area contributed by atoms with Crippen LogP contribution in [-0.2, 0) is 0 Å². The summed E-state index contributed by atoms with van der Waals surface area (Å²) in [5.41, 5.74) is 1.70. The molecule has 0 bridgehead atoms. The van der Waals surface area contributed by atoms with Gasteiger partial charge in [0.15, 0.2) is 0 Å². The van der Waals surface area contributed by atoms with Crippen molar-refractivity contribution < 1.29 is 14.7 Å². The predicted molar refractivity (Wildman–Crippen MR) is 84.3 cm³/mol. The molecule has 1 amide bonds. The highest BCUT2D eigenvalue weighted by atomic mass is 32.2. The van der Waals surface area contributed by atoms with Crippen molar-refractivity contribution in [3.05, 3.63) is 59.2 Å². The first-order valence-electron chi connectivity index (χ1n) is 6.30. The molecule has 0 unspecified atom stereocenters. The molecule has 5 heteroatoms. The van der Waals surface area contributed by atoms with Crippen LogP contribution in [0.15, 0.2) is 47.4 Å². The fourth-order valence-corrected chi connectivity index (χ4v) is 2.29. The Hall–Kier alpha value is -2.27. The molecule has 0 aliphatic carbocycles. The van der Waals surface area contributed by atoms with Crippen molar-refractivity contribution in [2.24, 2.45) is 0 Å². The molecule has 0 saturated carbocycles. The molecule has 0 spiro atoms. The molecule has 0 atom stereocenters. The van der Waals surface area contributed by atoms with E-state index in [9.17, 15) is 14.7 Å². The molecule has 108 valence electrons. The van der Waals surface area contributed by atoms with Crippen LogP contribution in [-0.4, -0.2) is 23.2 Å². The molecule has 0 saturated heterocycles. The SMILES string of the molecule is CSc1ccc(C(=O)Nc2ccc(C)cc2C(=O)O)cc1. The van der Waals surface area contributed by atoms with Crippen molar-refractivity contribution in [1.82, 2.24) is 0 Å². The van der Waals surface area contributed by atoms with E-state index in [0.717, 1.165) is 10.5 Å².